The van der Waals surface area contributed by atoms with Gasteiger partial charge < -0.3 is 4.74 Å². The number of nitrogens with zero attached hydrogens (tertiary/aromatic N) is 4. The van der Waals surface area contributed by atoms with Crippen molar-refractivity contribution in [2.24, 2.45) is 5.92 Å². The summed E-state index contributed by atoms with van der Waals surface area (Å²) in [6.07, 6.45) is 0.0492. The standard InChI is InChI=1S/C9H8Cl2N4O3/c1-18-6(17)4-2-5(16)15(3-4)9-13-7(10)12-8(11)14-9/h4H,2-3H2,1H3. The number of rotatable bonds is 2. The van der Waals surface area contributed by atoms with Crippen LogP contribution in [0.2, 0.25) is 10.6 Å². The minimum Gasteiger partial charge on any atom is -0.469 e. The predicted molar refractivity (Wildman–Crippen MR) is 62.3 cm³/mol. The van der Waals surface area contributed by atoms with Crippen molar-refractivity contribution in [1.29, 1.82) is 0 Å². The van der Waals surface area contributed by atoms with E-state index in [1.54, 1.807) is 0 Å². The molecule has 0 aliphatic carbocycles. The van der Waals surface area contributed by atoms with Crippen LogP contribution in [-0.4, -0.2) is 40.5 Å². The Morgan fingerprint density at radius 2 is 1.94 bits per heavy atom. The van der Waals surface area contributed by atoms with Crippen molar-refractivity contribution in [3.05, 3.63) is 10.6 Å². The Morgan fingerprint density at radius 3 is 2.50 bits per heavy atom. The summed E-state index contributed by atoms with van der Waals surface area (Å²) >= 11 is 11.3. The number of esters is 1. The van der Waals surface area contributed by atoms with Gasteiger partial charge in [0.25, 0.3) is 0 Å². The van der Waals surface area contributed by atoms with Crippen LogP contribution in [0.15, 0.2) is 0 Å². The van der Waals surface area contributed by atoms with Crippen LogP contribution in [-0.2, 0) is 14.3 Å². The fraction of sp³-hybridized carbons (Fsp3) is 0.444. The smallest absolute Gasteiger partial charge is 0.311 e. The van der Waals surface area contributed by atoms with Crippen molar-refractivity contribution < 1.29 is 14.3 Å². The van der Waals surface area contributed by atoms with Crippen LogP contribution in [0.25, 0.3) is 0 Å². The van der Waals surface area contributed by atoms with Gasteiger partial charge in [-0.05, 0) is 23.2 Å². The lowest BCUT2D eigenvalue weighted by molar-refractivity contribution is -0.145. The van der Waals surface area contributed by atoms with Crippen LogP contribution in [0.3, 0.4) is 0 Å². The van der Waals surface area contributed by atoms with Crippen molar-refractivity contribution in [3.8, 4) is 0 Å². The number of hydrogen-bond acceptors (Lipinski definition) is 6. The summed E-state index contributed by atoms with van der Waals surface area (Å²) in [7, 11) is 1.27. The van der Waals surface area contributed by atoms with E-state index in [1.807, 2.05) is 0 Å². The van der Waals surface area contributed by atoms with Crippen molar-refractivity contribution in [1.82, 2.24) is 15.0 Å². The molecule has 1 aliphatic heterocycles. The van der Waals surface area contributed by atoms with Gasteiger partial charge in [-0.2, -0.15) is 15.0 Å². The maximum absolute atomic E-state index is 11.8. The van der Waals surface area contributed by atoms with E-state index in [2.05, 4.69) is 19.7 Å². The molecule has 1 fully saturated rings. The highest BCUT2D eigenvalue weighted by Gasteiger charge is 2.37. The summed E-state index contributed by atoms with van der Waals surface area (Å²) in [5.74, 6) is -1.23. The monoisotopic (exact) mass is 290 g/mol. The Bertz CT molecular complexity index is 490. The third kappa shape index (κ3) is 2.51. The Kier molecular flexibility index (Phi) is 3.63. The van der Waals surface area contributed by atoms with Crippen LogP contribution in [0.4, 0.5) is 5.95 Å². The number of methoxy groups -OCH3 is 1. The quantitative estimate of drug-likeness (QED) is 0.746. The highest BCUT2D eigenvalue weighted by Crippen LogP contribution is 2.24. The van der Waals surface area contributed by atoms with Crippen molar-refractivity contribution in [3.63, 3.8) is 0 Å². The molecule has 0 saturated carbocycles. The maximum Gasteiger partial charge on any atom is 0.311 e. The van der Waals surface area contributed by atoms with E-state index in [4.69, 9.17) is 23.2 Å². The SMILES string of the molecule is COC(=O)C1CC(=O)N(c2nc(Cl)nc(Cl)n2)C1. The van der Waals surface area contributed by atoms with Crippen LogP contribution in [0.1, 0.15) is 6.42 Å². The van der Waals surface area contributed by atoms with Crippen LogP contribution < -0.4 is 4.90 Å². The summed E-state index contributed by atoms with van der Waals surface area (Å²) in [5.41, 5.74) is 0. The zero-order valence-electron chi connectivity index (χ0n) is 9.26. The second kappa shape index (κ2) is 5.03. The van der Waals surface area contributed by atoms with Gasteiger partial charge >= 0.3 is 5.97 Å². The minimum atomic E-state index is -0.531. The van der Waals surface area contributed by atoms with Gasteiger partial charge in [-0.25, -0.2) is 0 Å². The number of anilines is 1. The lowest BCUT2D eigenvalue weighted by atomic mass is 10.1. The highest BCUT2D eigenvalue weighted by atomic mass is 35.5. The number of hydrogen-bond donors (Lipinski definition) is 0. The summed E-state index contributed by atoms with van der Waals surface area (Å²) in [4.78, 5) is 35.5. The van der Waals surface area contributed by atoms with Crippen LogP contribution in [0, 0.1) is 5.92 Å². The molecule has 96 valence electrons. The number of carbonyl (C=O) groups is 2. The summed E-state index contributed by atoms with van der Waals surface area (Å²) < 4.78 is 4.59. The first-order valence-electron chi connectivity index (χ1n) is 4.96. The molecule has 0 bridgehead atoms. The third-order valence-electron chi connectivity index (χ3n) is 2.47. The Hall–Kier alpha value is -1.47. The number of halogens is 2. The molecule has 2 heterocycles. The first kappa shape index (κ1) is 13.0. The highest BCUT2D eigenvalue weighted by molar-refractivity contribution is 6.31. The lowest BCUT2D eigenvalue weighted by Gasteiger charge is -2.13. The lowest BCUT2D eigenvalue weighted by Crippen LogP contribution is -2.28. The van der Waals surface area contributed by atoms with Gasteiger partial charge in [0.15, 0.2) is 0 Å². The molecule has 1 aromatic rings. The van der Waals surface area contributed by atoms with E-state index in [9.17, 15) is 9.59 Å². The molecule has 0 spiro atoms. The van der Waals surface area contributed by atoms with Crippen LogP contribution in [0.5, 0.6) is 0 Å². The fourth-order valence-electron chi connectivity index (χ4n) is 1.66. The zero-order chi connectivity index (χ0) is 13.3. The summed E-state index contributed by atoms with van der Waals surface area (Å²) in [6, 6.07) is 0. The number of ether oxygens (including phenoxy) is 1. The molecule has 1 unspecified atom stereocenters. The Morgan fingerprint density at radius 1 is 1.33 bits per heavy atom. The molecule has 1 aliphatic rings. The fourth-order valence-corrected chi connectivity index (χ4v) is 2.02. The molecule has 1 aromatic heterocycles. The molecule has 9 heteroatoms. The van der Waals surface area contributed by atoms with Gasteiger partial charge in [-0.15, -0.1) is 0 Å². The molecule has 2 rings (SSSR count). The average Bonchev–Trinajstić information content (AvgIpc) is 2.69. The third-order valence-corrected chi connectivity index (χ3v) is 2.81. The molecule has 1 saturated heterocycles. The summed E-state index contributed by atoms with van der Waals surface area (Å²) in [6.45, 7) is 0.141. The van der Waals surface area contributed by atoms with Gasteiger partial charge in [0.2, 0.25) is 22.4 Å². The first-order chi connectivity index (χ1) is 8.51. The van der Waals surface area contributed by atoms with Gasteiger partial charge in [-0.3, -0.25) is 14.5 Å². The topological polar surface area (TPSA) is 85.3 Å². The van der Waals surface area contributed by atoms with E-state index < -0.39 is 11.9 Å². The molecular formula is C9H8Cl2N4O3. The normalized spacial score (nSPS) is 19.2. The molecule has 7 nitrogen and oxygen atoms in total. The number of amides is 1. The van der Waals surface area contributed by atoms with Gasteiger partial charge in [-0.1, -0.05) is 0 Å². The predicted octanol–water partition coefficient (Wildman–Crippen LogP) is 0.704. The first-order valence-corrected chi connectivity index (χ1v) is 5.72. The van der Waals surface area contributed by atoms with E-state index in [-0.39, 0.29) is 35.4 Å². The minimum absolute atomic E-state index is 0.0383. The largest absolute Gasteiger partial charge is 0.469 e. The molecule has 0 N–H and O–H groups in total. The van der Waals surface area contributed by atoms with Gasteiger partial charge in [0, 0.05) is 13.0 Å². The summed E-state index contributed by atoms with van der Waals surface area (Å²) in [5, 5.41) is -0.223. The van der Waals surface area contributed by atoms with E-state index >= 15 is 0 Å². The van der Waals surface area contributed by atoms with Crippen molar-refractivity contribution in [2.45, 2.75) is 6.42 Å². The number of carbonyl (C=O) groups excluding carboxylic acids is 2. The van der Waals surface area contributed by atoms with Gasteiger partial charge in [0.05, 0.1) is 13.0 Å². The molecule has 0 aromatic carbocycles. The Balaban J connectivity index is 2.24. The van der Waals surface area contributed by atoms with E-state index in [0.29, 0.717) is 0 Å². The number of aromatic nitrogens is 3. The van der Waals surface area contributed by atoms with Crippen molar-refractivity contribution >= 4 is 41.0 Å². The molecular weight excluding hydrogens is 283 g/mol. The van der Waals surface area contributed by atoms with Gasteiger partial charge in [0.1, 0.15) is 0 Å². The van der Waals surface area contributed by atoms with Crippen molar-refractivity contribution in [2.75, 3.05) is 18.6 Å². The second-order valence-electron chi connectivity index (χ2n) is 3.60. The Labute approximate surface area is 112 Å². The molecule has 1 atom stereocenters. The maximum atomic E-state index is 11.8. The van der Waals surface area contributed by atoms with E-state index in [1.165, 1.54) is 12.0 Å². The molecule has 0 radical (unpaired) electrons. The van der Waals surface area contributed by atoms with Crippen LogP contribution >= 0.6 is 23.2 Å². The molecule has 18 heavy (non-hydrogen) atoms. The van der Waals surface area contributed by atoms with E-state index in [0.717, 1.165) is 0 Å². The second-order valence-corrected chi connectivity index (χ2v) is 4.28. The zero-order valence-corrected chi connectivity index (χ0v) is 10.8. The molecule has 1 amide bonds. The average molecular weight is 291 g/mol.